The summed E-state index contributed by atoms with van der Waals surface area (Å²) in [5.74, 6) is 0.450. The number of aromatic nitrogens is 1. The molecule has 0 bridgehead atoms. The molecule has 1 aliphatic rings. The van der Waals surface area contributed by atoms with E-state index in [0.29, 0.717) is 17.6 Å². The molecule has 1 aromatic rings. The summed E-state index contributed by atoms with van der Waals surface area (Å²) >= 11 is 4.76. The van der Waals surface area contributed by atoms with Crippen LogP contribution in [-0.4, -0.2) is 17.4 Å². The number of amides is 1. The van der Waals surface area contributed by atoms with Crippen molar-refractivity contribution in [3.8, 4) is 0 Å². The van der Waals surface area contributed by atoms with Gasteiger partial charge in [0, 0.05) is 5.92 Å². The minimum atomic E-state index is 0.0522. The first-order valence-electron chi connectivity index (χ1n) is 5.83. The van der Waals surface area contributed by atoms with E-state index in [9.17, 15) is 4.79 Å². The topological polar surface area (TPSA) is 68.0 Å². The molecule has 4 nitrogen and oxygen atoms in total. The minimum Gasteiger partial charge on any atom is -0.330 e. The molecule has 0 aromatic carbocycles. The fraction of sp³-hybridized carbons (Fsp3) is 0.636. The van der Waals surface area contributed by atoms with Crippen LogP contribution in [0.25, 0.3) is 0 Å². The number of nitrogens with two attached hydrogens (primary N) is 1. The third-order valence-electron chi connectivity index (χ3n) is 3.26. The van der Waals surface area contributed by atoms with E-state index in [1.165, 1.54) is 17.8 Å². The van der Waals surface area contributed by atoms with Crippen LogP contribution in [-0.2, 0) is 4.79 Å². The van der Waals surface area contributed by atoms with Gasteiger partial charge in [-0.3, -0.25) is 4.79 Å². The first-order valence-corrected chi connectivity index (χ1v) is 7.44. The van der Waals surface area contributed by atoms with Crippen molar-refractivity contribution < 1.29 is 4.79 Å². The number of carbonyl (C=O) groups excluding carboxylic acids is 1. The molecule has 1 heterocycles. The number of nitrogens with zero attached hydrogens (tertiary/aromatic N) is 1. The lowest BCUT2D eigenvalue weighted by Crippen LogP contribution is -2.35. The number of anilines is 1. The molecular weight excluding hydrogens is 302 g/mol. The van der Waals surface area contributed by atoms with Gasteiger partial charge in [0.2, 0.25) is 5.91 Å². The van der Waals surface area contributed by atoms with E-state index >= 15 is 0 Å². The highest BCUT2D eigenvalue weighted by atomic mass is 79.9. The van der Waals surface area contributed by atoms with Crippen LogP contribution < -0.4 is 11.1 Å². The number of carbonyl (C=O) groups is 1. The molecule has 0 spiro atoms. The Hall–Kier alpha value is -0.460. The molecule has 0 aliphatic heterocycles. The van der Waals surface area contributed by atoms with Crippen LogP contribution in [0, 0.1) is 11.8 Å². The number of hydrogen-bond donors (Lipinski definition) is 2. The predicted octanol–water partition coefficient (Wildman–Crippen LogP) is 2.61. The zero-order chi connectivity index (χ0) is 12.3. The summed E-state index contributed by atoms with van der Waals surface area (Å²) in [5, 5.41) is 3.54. The maximum atomic E-state index is 12.1. The van der Waals surface area contributed by atoms with Gasteiger partial charge in [-0.2, -0.15) is 0 Å². The van der Waals surface area contributed by atoms with E-state index in [1.54, 1.807) is 6.20 Å². The molecule has 2 unspecified atom stereocenters. The van der Waals surface area contributed by atoms with Gasteiger partial charge in [0.1, 0.15) is 0 Å². The van der Waals surface area contributed by atoms with Crippen molar-refractivity contribution in [1.29, 1.82) is 0 Å². The lowest BCUT2D eigenvalue weighted by molar-refractivity contribution is -0.122. The van der Waals surface area contributed by atoms with Gasteiger partial charge < -0.3 is 11.1 Å². The van der Waals surface area contributed by atoms with Crippen molar-refractivity contribution in [2.24, 2.45) is 17.6 Å². The third kappa shape index (κ3) is 3.26. The quantitative estimate of drug-likeness (QED) is 0.900. The van der Waals surface area contributed by atoms with Crippen molar-refractivity contribution in [2.45, 2.75) is 25.7 Å². The Labute approximate surface area is 113 Å². The van der Waals surface area contributed by atoms with Crippen LogP contribution in [0.2, 0.25) is 0 Å². The predicted molar refractivity (Wildman–Crippen MR) is 72.9 cm³/mol. The zero-order valence-electron chi connectivity index (χ0n) is 9.49. The average molecular weight is 318 g/mol. The largest absolute Gasteiger partial charge is 0.330 e. The van der Waals surface area contributed by atoms with Gasteiger partial charge in [-0.25, -0.2) is 4.98 Å². The van der Waals surface area contributed by atoms with Crippen molar-refractivity contribution >= 4 is 38.3 Å². The molecule has 1 aromatic heterocycles. The summed E-state index contributed by atoms with van der Waals surface area (Å²) < 4.78 is 0.923. The van der Waals surface area contributed by atoms with Gasteiger partial charge in [-0.05, 0) is 41.2 Å². The molecule has 17 heavy (non-hydrogen) atoms. The molecule has 94 valence electrons. The van der Waals surface area contributed by atoms with Gasteiger partial charge in [-0.1, -0.05) is 24.2 Å². The lowest BCUT2D eigenvalue weighted by atomic mass is 9.79. The van der Waals surface area contributed by atoms with Crippen LogP contribution in [0.15, 0.2) is 9.98 Å². The van der Waals surface area contributed by atoms with Crippen LogP contribution >= 0.6 is 27.3 Å². The minimum absolute atomic E-state index is 0.0522. The number of nitrogens with one attached hydrogen (secondary N) is 1. The molecule has 1 fully saturated rings. The van der Waals surface area contributed by atoms with E-state index in [1.807, 2.05) is 0 Å². The van der Waals surface area contributed by atoms with Gasteiger partial charge in [0.15, 0.2) is 5.13 Å². The molecule has 6 heteroatoms. The monoisotopic (exact) mass is 317 g/mol. The van der Waals surface area contributed by atoms with Crippen LogP contribution in [0.5, 0.6) is 0 Å². The van der Waals surface area contributed by atoms with E-state index in [2.05, 4.69) is 26.2 Å². The Bertz CT molecular complexity index is 396. The maximum Gasteiger partial charge on any atom is 0.229 e. The second kappa shape index (κ2) is 5.93. The summed E-state index contributed by atoms with van der Waals surface area (Å²) in [4.78, 5) is 16.2. The molecule has 1 saturated carbocycles. The lowest BCUT2D eigenvalue weighted by Gasteiger charge is -2.29. The fourth-order valence-electron chi connectivity index (χ4n) is 2.35. The van der Waals surface area contributed by atoms with Crippen molar-refractivity contribution in [2.75, 3.05) is 11.9 Å². The maximum absolute atomic E-state index is 12.1. The molecular formula is C11H16BrN3OS. The molecule has 3 N–H and O–H groups in total. The fourth-order valence-corrected chi connectivity index (χ4v) is 3.45. The summed E-state index contributed by atoms with van der Waals surface area (Å²) in [6, 6.07) is 0. The molecule has 2 rings (SSSR count). The van der Waals surface area contributed by atoms with Crippen LogP contribution in [0.4, 0.5) is 5.13 Å². The zero-order valence-corrected chi connectivity index (χ0v) is 11.9. The average Bonchev–Trinajstić information content (AvgIpc) is 2.74. The van der Waals surface area contributed by atoms with Gasteiger partial charge in [-0.15, -0.1) is 0 Å². The van der Waals surface area contributed by atoms with E-state index in [0.717, 1.165) is 23.0 Å². The second-order valence-electron chi connectivity index (χ2n) is 4.35. The Kier molecular flexibility index (Phi) is 4.53. The normalized spacial score (nSPS) is 24.6. The molecule has 0 saturated heterocycles. The number of thiazole rings is 1. The Morgan fingerprint density at radius 2 is 2.35 bits per heavy atom. The van der Waals surface area contributed by atoms with Crippen molar-refractivity contribution in [1.82, 2.24) is 4.98 Å². The summed E-state index contributed by atoms with van der Waals surface area (Å²) in [5.41, 5.74) is 5.73. The Morgan fingerprint density at radius 1 is 1.59 bits per heavy atom. The number of rotatable bonds is 3. The van der Waals surface area contributed by atoms with Gasteiger partial charge in [0.25, 0.3) is 0 Å². The highest BCUT2D eigenvalue weighted by molar-refractivity contribution is 9.11. The van der Waals surface area contributed by atoms with E-state index in [-0.39, 0.29) is 11.8 Å². The highest BCUT2D eigenvalue weighted by Gasteiger charge is 2.30. The third-order valence-corrected chi connectivity index (χ3v) is 4.65. The van der Waals surface area contributed by atoms with Crippen molar-refractivity contribution in [3.05, 3.63) is 9.98 Å². The number of halogens is 1. The van der Waals surface area contributed by atoms with Crippen molar-refractivity contribution in [3.63, 3.8) is 0 Å². The Balaban J connectivity index is 1.98. The van der Waals surface area contributed by atoms with Gasteiger partial charge >= 0.3 is 0 Å². The second-order valence-corrected chi connectivity index (χ2v) is 6.76. The molecule has 2 atom stereocenters. The standard InChI is InChI=1S/C11H16BrN3OS/c12-9-6-14-11(17-9)15-10(16)8-4-2-1-3-7(8)5-13/h6-8H,1-5,13H2,(H,14,15,16). The van der Waals surface area contributed by atoms with Crippen LogP contribution in [0.1, 0.15) is 25.7 Å². The van der Waals surface area contributed by atoms with E-state index < -0.39 is 0 Å². The number of hydrogen-bond acceptors (Lipinski definition) is 4. The summed E-state index contributed by atoms with van der Waals surface area (Å²) in [6.07, 6.45) is 6.02. The first kappa shape index (κ1) is 13.0. The SMILES string of the molecule is NCC1CCCCC1C(=O)Nc1ncc(Br)s1. The molecule has 1 amide bonds. The highest BCUT2D eigenvalue weighted by Crippen LogP contribution is 2.31. The van der Waals surface area contributed by atoms with Crippen LogP contribution in [0.3, 0.4) is 0 Å². The van der Waals surface area contributed by atoms with E-state index in [4.69, 9.17) is 5.73 Å². The summed E-state index contributed by atoms with van der Waals surface area (Å²) in [7, 11) is 0. The smallest absolute Gasteiger partial charge is 0.229 e. The molecule has 1 aliphatic carbocycles. The first-order chi connectivity index (χ1) is 8.20. The summed E-state index contributed by atoms with van der Waals surface area (Å²) in [6.45, 7) is 0.597. The van der Waals surface area contributed by atoms with Gasteiger partial charge in [0.05, 0.1) is 9.98 Å². The molecule has 0 radical (unpaired) electrons. The Morgan fingerprint density at radius 3 is 3.00 bits per heavy atom.